The van der Waals surface area contributed by atoms with Crippen molar-refractivity contribution >= 4 is 29.9 Å². The Balaban J connectivity index is 0.00000200. The van der Waals surface area contributed by atoms with Gasteiger partial charge in [0.25, 0.3) is 0 Å². The molecule has 1 aromatic heterocycles. The Labute approximate surface area is 137 Å². The van der Waals surface area contributed by atoms with Crippen LogP contribution in [-0.2, 0) is 6.54 Å². The Morgan fingerprint density at radius 2 is 2.25 bits per heavy atom. The van der Waals surface area contributed by atoms with Gasteiger partial charge in [0.1, 0.15) is 0 Å². The first-order valence-electron chi connectivity index (χ1n) is 6.84. The second-order valence-electron chi connectivity index (χ2n) is 4.69. The van der Waals surface area contributed by atoms with Crippen LogP contribution in [0.1, 0.15) is 25.3 Å². The highest BCUT2D eigenvalue weighted by Gasteiger charge is 2.20. The second kappa shape index (κ2) is 8.99. The van der Waals surface area contributed by atoms with Crippen LogP contribution in [-0.4, -0.2) is 31.1 Å². The number of ether oxygens (including phenoxy) is 1. The number of nitrogens with zero attached hydrogens (tertiary/aromatic N) is 2. The maximum atomic E-state index is 5.38. The number of nitrogens with one attached hydrogen (secondary N) is 2. The van der Waals surface area contributed by atoms with Crippen LogP contribution in [0.2, 0.25) is 0 Å². The van der Waals surface area contributed by atoms with Crippen LogP contribution < -0.4 is 15.4 Å². The summed E-state index contributed by atoms with van der Waals surface area (Å²) in [5.41, 5.74) is 1.13. The first-order valence-corrected chi connectivity index (χ1v) is 6.84. The number of halogens is 1. The Hall–Kier alpha value is -1.05. The fraction of sp³-hybridized carbons (Fsp3) is 0.571. The summed E-state index contributed by atoms with van der Waals surface area (Å²) in [6, 6.07) is 3.92. The summed E-state index contributed by atoms with van der Waals surface area (Å²) < 4.78 is 5.38. The highest BCUT2D eigenvalue weighted by Crippen LogP contribution is 2.27. The molecule has 2 rings (SSSR count). The van der Waals surface area contributed by atoms with Crippen LogP contribution in [0.4, 0.5) is 0 Å². The van der Waals surface area contributed by atoms with Crippen LogP contribution in [0.5, 0.6) is 5.88 Å². The van der Waals surface area contributed by atoms with E-state index in [1.807, 2.05) is 19.1 Å². The molecule has 0 atom stereocenters. The molecule has 1 aromatic rings. The van der Waals surface area contributed by atoms with Gasteiger partial charge >= 0.3 is 0 Å². The lowest BCUT2D eigenvalue weighted by molar-refractivity contribution is 0.326. The molecule has 0 amide bonds. The van der Waals surface area contributed by atoms with E-state index in [1.54, 1.807) is 13.2 Å². The van der Waals surface area contributed by atoms with E-state index in [2.05, 4.69) is 20.6 Å². The lowest BCUT2D eigenvalue weighted by Gasteiger charge is -2.12. The monoisotopic (exact) mass is 390 g/mol. The van der Waals surface area contributed by atoms with E-state index < -0.39 is 0 Å². The quantitative estimate of drug-likeness (QED) is 0.444. The highest BCUT2D eigenvalue weighted by atomic mass is 127. The molecule has 0 aliphatic heterocycles. The molecule has 0 saturated heterocycles. The van der Waals surface area contributed by atoms with Gasteiger partial charge < -0.3 is 15.4 Å². The molecule has 1 aliphatic carbocycles. The third-order valence-corrected chi connectivity index (χ3v) is 3.03. The normalized spacial score (nSPS) is 14.4. The van der Waals surface area contributed by atoms with Gasteiger partial charge in [0, 0.05) is 32.4 Å². The van der Waals surface area contributed by atoms with Gasteiger partial charge in [-0.3, -0.25) is 4.99 Å². The lowest BCUT2D eigenvalue weighted by Crippen LogP contribution is -2.37. The maximum absolute atomic E-state index is 5.38. The first kappa shape index (κ1) is 17.0. The lowest BCUT2D eigenvalue weighted by atomic mass is 10.2. The molecule has 6 heteroatoms. The minimum absolute atomic E-state index is 0. The van der Waals surface area contributed by atoms with E-state index in [1.165, 1.54) is 12.8 Å². The Morgan fingerprint density at radius 1 is 1.45 bits per heavy atom. The SMILES string of the molecule is CCOc1cc(CNC(=NC)NCC2CC2)ccn1.I. The molecule has 5 nitrogen and oxygen atoms in total. The van der Waals surface area contributed by atoms with Crippen molar-refractivity contribution in [3.8, 4) is 5.88 Å². The van der Waals surface area contributed by atoms with Crippen LogP contribution in [0, 0.1) is 5.92 Å². The molecule has 0 bridgehead atoms. The van der Waals surface area contributed by atoms with Gasteiger partial charge in [0.05, 0.1) is 6.61 Å². The summed E-state index contributed by atoms with van der Waals surface area (Å²) >= 11 is 0. The number of rotatable bonds is 6. The largest absolute Gasteiger partial charge is 0.478 e. The van der Waals surface area contributed by atoms with E-state index in [9.17, 15) is 0 Å². The number of aliphatic imine (C=N–C) groups is 1. The third kappa shape index (κ3) is 5.94. The van der Waals surface area contributed by atoms with Crippen molar-refractivity contribution in [2.45, 2.75) is 26.3 Å². The van der Waals surface area contributed by atoms with Crippen LogP contribution in [0.3, 0.4) is 0 Å². The van der Waals surface area contributed by atoms with Crippen LogP contribution >= 0.6 is 24.0 Å². The molecule has 1 aliphatic rings. The molecule has 0 spiro atoms. The van der Waals surface area contributed by atoms with E-state index in [-0.39, 0.29) is 24.0 Å². The first-order chi connectivity index (χ1) is 9.31. The summed E-state index contributed by atoms with van der Waals surface area (Å²) in [5.74, 6) is 2.36. The Kier molecular flexibility index (Phi) is 7.64. The Bertz CT molecular complexity index is 435. The fourth-order valence-corrected chi connectivity index (χ4v) is 1.76. The molecule has 112 valence electrons. The van der Waals surface area contributed by atoms with Gasteiger partial charge in [-0.15, -0.1) is 24.0 Å². The molecule has 20 heavy (non-hydrogen) atoms. The minimum Gasteiger partial charge on any atom is -0.478 e. The average molecular weight is 390 g/mol. The molecule has 1 fully saturated rings. The third-order valence-electron chi connectivity index (χ3n) is 3.03. The maximum Gasteiger partial charge on any atom is 0.213 e. The minimum atomic E-state index is 0. The molecule has 2 N–H and O–H groups in total. The molecular weight excluding hydrogens is 367 g/mol. The van der Waals surface area contributed by atoms with Gasteiger partial charge in [-0.05, 0) is 37.3 Å². The number of guanidine groups is 1. The van der Waals surface area contributed by atoms with Crippen molar-refractivity contribution in [1.29, 1.82) is 0 Å². The molecular formula is C14H23IN4O. The van der Waals surface area contributed by atoms with Crippen LogP contribution in [0.15, 0.2) is 23.3 Å². The predicted molar refractivity (Wildman–Crippen MR) is 91.7 cm³/mol. The molecule has 0 unspecified atom stereocenters. The van der Waals surface area contributed by atoms with Gasteiger partial charge in [-0.2, -0.15) is 0 Å². The standard InChI is InChI=1S/C14H22N4O.HI/c1-3-19-13-8-12(6-7-16-13)10-18-14(15-2)17-9-11-4-5-11;/h6-8,11H,3-5,9-10H2,1-2H3,(H2,15,17,18);1H. The van der Waals surface area contributed by atoms with E-state index in [0.717, 1.165) is 24.0 Å². The zero-order chi connectivity index (χ0) is 13.5. The summed E-state index contributed by atoms with van der Waals surface area (Å²) in [5, 5.41) is 6.63. The smallest absolute Gasteiger partial charge is 0.213 e. The van der Waals surface area contributed by atoms with Crippen molar-refractivity contribution < 1.29 is 4.74 Å². The van der Waals surface area contributed by atoms with Gasteiger partial charge in [0.15, 0.2) is 5.96 Å². The zero-order valence-corrected chi connectivity index (χ0v) is 14.4. The summed E-state index contributed by atoms with van der Waals surface area (Å²) in [6.45, 7) is 4.32. The average Bonchev–Trinajstić information content (AvgIpc) is 3.24. The molecule has 1 heterocycles. The van der Waals surface area contributed by atoms with E-state index >= 15 is 0 Å². The summed E-state index contributed by atoms with van der Waals surface area (Å²) in [4.78, 5) is 8.36. The Morgan fingerprint density at radius 3 is 2.90 bits per heavy atom. The van der Waals surface area contributed by atoms with Crippen molar-refractivity contribution in [1.82, 2.24) is 15.6 Å². The van der Waals surface area contributed by atoms with E-state index in [4.69, 9.17) is 4.74 Å². The van der Waals surface area contributed by atoms with Gasteiger partial charge in [-0.1, -0.05) is 0 Å². The topological polar surface area (TPSA) is 58.5 Å². The summed E-state index contributed by atoms with van der Waals surface area (Å²) in [6.07, 6.45) is 4.44. The molecule has 1 saturated carbocycles. The highest BCUT2D eigenvalue weighted by molar-refractivity contribution is 14.0. The number of aromatic nitrogens is 1. The van der Waals surface area contributed by atoms with Gasteiger partial charge in [-0.25, -0.2) is 4.98 Å². The van der Waals surface area contributed by atoms with Crippen LogP contribution in [0.25, 0.3) is 0 Å². The van der Waals surface area contributed by atoms with Gasteiger partial charge in [0.2, 0.25) is 5.88 Å². The number of pyridine rings is 1. The molecule has 0 radical (unpaired) electrons. The van der Waals surface area contributed by atoms with Crippen molar-refractivity contribution in [3.05, 3.63) is 23.9 Å². The summed E-state index contributed by atoms with van der Waals surface area (Å²) in [7, 11) is 1.79. The fourth-order valence-electron chi connectivity index (χ4n) is 1.76. The van der Waals surface area contributed by atoms with Crippen molar-refractivity contribution in [2.75, 3.05) is 20.2 Å². The second-order valence-corrected chi connectivity index (χ2v) is 4.69. The van der Waals surface area contributed by atoms with Crippen molar-refractivity contribution in [3.63, 3.8) is 0 Å². The number of hydrogen-bond donors (Lipinski definition) is 2. The molecule has 0 aromatic carbocycles. The predicted octanol–water partition coefficient (Wildman–Crippen LogP) is 2.17. The number of hydrogen-bond acceptors (Lipinski definition) is 3. The van der Waals surface area contributed by atoms with Crippen molar-refractivity contribution in [2.24, 2.45) is 10.9 Å². The van der Waals surface area contributed by atoms with E-state index in [0.29, 0.717) is 19.0 Å². The zero-order valence-electron chi connectivity index (χ0n) is 12.1.